The molecule has 0 aliphatic rings. The van der Waals surface area contributed by atoms with E-state index in [9.17, 15) is 0 Å². The number of hydrogen-bond donors (Lipinski definition) is 0. The molecule has 0 saturated heterocycles. The fourth-order valence-electron chi connectivity index (χ4n) is 4.04. The van der Waals surface area contributed by atoms with Gasteiger partial charge in [0, 0.05) is 6.54 Å². The second-order valence-electron chi connectivity index (χ2n) is 8.31. The standard InChI is InChI=1S/C27H41N/c1-3-5-9-15-26(23-25-16-10-7-11-17-25)20-22-28(21-14-6-4-2)24-27-18-12-8-13-19-27/h7-8,10-13,16-19,26H,3-6,9,14-15,20-24H2,1-2H3. The highest BCUT2D eigenvalue weighted by molar-refractivity contribution is 5.15. The molecular weight excluding hydrogens is 338 g/mol. The van der Waals surface area contributed by atoms with Crippen molar-refractivity contribution in [2.75, 3.05) is 13.1 Å². The lowest BCUT2D eigenvalue weighted by Gasteiger charge is -2.26. The molecule has 0 saturated carbocycles. The summed E-state index contributed by atoms with van der Waals surface area (Å²) in [4.78, 5) is 2.70. The predicted octanol–water partition coefficient (Wildman–Crippen LogP) is 7.51. The first-order valence-electron chi connectivity index (χ1n) is 11.6. The van der Waals surface area contributed by atoms with Crippen LogP contribution < -0.4 is 0 Å². The zero-order valence-corrected chi connectivity index (χ0v) is 18.3. The molecule has 154 valence electrons. The molecule has 1 nitrogen and oxygen atoms in total. The average molecular weight is 380 g/mol. The third kappa shape index (κ3) is 9.55. The van der Waals surface area contributed by atoms with Crippen molar-refractivity contribution in [1.29, 1.82) is 0 Å². The van der Waals surface area contributed by atoms with Gasteiger partial charge in [0.15, 0.2) is 0 Å². The smallest absolute Gasteiger partial charge is 0.0233 e. The van der Waals surface area contributed by atoms with Gasteiger partial charge in [-0.1, -0.05) is 113 Å². The molecule has 1 unspecified atom stereocenters. The highest BCUT2D eigenvalue weighted by Crippen LogP contribution is 2.21. The number of nitrogens with zero attached hydrogens (tertiary/aromatic N) is 1. The minimum Gasteiger partial charge on any atom is -0.299 e. The van der Waals surface area contributed by atoms with Crippen molar-refractivity contribution in [1.82, 2.24) is 4.90 Å². The van der Waals surface area contributed by atoms with Gasteiger partial charge in [-0.15, -0.1) is 0 Å². The predicted molar refractivity (Wildman–Crippen MR) is 124 cm³/mol. The Morgan fingerprint density at radius 1 is 0.643 bits per heavy atom. The molecule has 0 aliphatic heterocycles. The van der Waals surface area contributed by atoms with E-state index in [1.807, 2.05) is 0 Å². The lowest BCUT2D eigenvalue weighted by Crippen LogP contribution is -2.27. The molecular formula is C27H41N. The highest BCUT2D eigenvalue weighted by Gasteiger charge is 2.13. The second-order valence-corrected chi connectivity index (χ2v) is 8.31. The maximum atomic E-state index is 2.70. The van der Waals surface area contributed by atoms with Crippen LogP contribution in [0.4, 0.5) is 0 Å². The van der Waals surface area contributed by atoms with E-state index < -0.39 is 0 Å². The Morgan fingerprint density at radius 2 is 1.25 bits per heavy atom. The third-order valence-corrected chi connectivity index (χ3v) is 5.76. The Morgan fingerprint density at radius 3 is 1.89 bits per heavy atom. The van der Waals surface area contributed by atoms with Crippen molar-refractivity contribution in [3.05, 3.63) is 71.8 Å². The minimum atomic E-state index is 0.804. The van der Waals surface area contributed by atoms with Gasteiger partial charge in [0.1, 0.15) is 0 Å². The van der Waals surface area contributed by atoms with E-state index in [-0.39, 0.29) is 0 Å². The summed E-state index contributed by atoms with van der Waals surface area (Å²) in [6, 6.07) is 22.1. The number of unbranched alkanes of at least 4 members (excludes halogenated alkanes) is 4. The number of hydrogen-bond acceptors (Lipinski definition) is 1. The Bertz CT molecular complexity index is 537. The first-order valence-corrected chi connectivity index (χ1v) is 11.6. The average Bonchev–Trinajstić information content (AvgIpc) is 2.73. The summed E-state index contributed by atoms with van der Waals surface area (Å²) in [5.41, 5.74) is 2.95. The van der Waals surface area contributed by atoms with Gasteiger partial charge in [-0.05, 0) is 49.4 Å². The summed E-state index contributed by atoms with van der Waals surface area (Å²) < 4.78 is 0. The van der Waals surface area contributed by atoms with Crippen LogP contribution in [0.25, 0.3) is 0 Å². The van der Waals surface area contributed by atoms with E-state index in [0.29, 0.717) is 0 Å². The fourth-order valence-corrected chi connectivity index (χ4v) is 4.04. The van der Waals surface area contributed by atoms with Crippen LogP contribution in [0.15, 0.2) is 60.7 Å². The van der Waals surface area contributed by atoms with Crippen molar-refractivity contribution in [2.24, 2.45) is 5.92 Å². The SMILES string of the molecule is CCCCCC(CCN(CCCCC)Cc1ccccc1)Cc1ccccc1. The molecule has 0 amide bonds. The molecule has 0 N–H and O–H groups in total. The van der Waals surface area contributed by atoms with Gasteiger partial charge in [0.05, 0.1) is 0 Å². The van der Waals surface area contributed by atoms with Crippen molar-refractivity contribution in [3.8, 4) is 0 Å². The van der Waals surface area contributed by atoms with Crippen LogP contribution in [0.1, 0.15) is 76.3 Å². The van der Waals surface area contributed by atoms with E-state index in [1.165, 1.54) is 82.0 Å². The summed E-state index contributed by atoms with van der Waals surface area (Å²) in [5.74, 6) is 0.804. The maximum Gasteiger partial charge on any atom is 0.0233 e. The van der Waals surface area contributed by atoms with Gasteiger partial charge in [-0.25, -0.2) is 0 Å². The molecule has 0 aliphatic carbocycles. The zero-order chi connectivity index (χ0) is 19.9. The van der Waals surface area contributed by atoms with Crippen LogP contribution in [0.2, 0.25) is 0 Å². The van der Waals surface area contributed by atoms with Gasteiger partial charge in [0.25, 0.3) is 0 Å². The van der Waals surface area contributed by atoms with Crippen LogP contribution in [-0.4, -0.2) is 18.0 Å². The molecule has 1 atom stereocenters. The molecule has 1 heteroatoms. The summed E-state index contributed by atoms with van der Waals surface area (Å²) in [7, 11) is 0. The fraction of sp³-hybridized carbons (Fsp3) is 0.556. The summed E-state index contributed by atoms with van der Waals surface area (Å²) in [6.07, 6.45) is 11.9. The Labute approximate surface area is 174 Å². The molecule has 28 heavy (non-hydrogen) atoms. The summed E-state index contributed by atoms with van der Waals surface area (Å²) >= 11 is 0. The third-order valence-electron chi connectivity index (χ3n) is 5.76. The molecule has 0 spiro atoms. The topological polar surface area (TPSA) is 3.24 Å². The Hall–Kier alpha value is -1.60. The summed E-state index contributed by atoms with van der Waals surface area (Å²) in [5, 5.41) is 0. The normalized spacial score (nSPS) is 12.4. The van der Waals surface area contributed by atoms with Crippen molar-refractivity contribution in [3.63, 3.8) is 0 Å². The first-order chi connectivity index (χ1) is 13.8. The maximum absolute atomic E-state index is 2.70. The Kier molecular flexibility index (Phi) is 11.7. The lowest BCUT2D eigenvalue weighted by molar-refractivity contribution is 0.233. The van der Waals surface area contributed by atoms with Crippen LogP contribution in [0, 0.1) is 5.92 Å². The van der Waals surface area contributed by atoms with Crippen molar-refractivity contribution < 1.29 is 0 Å². The van der Waals surface area contributed by atoms with E-state index in [1.54, 1.807) is 0 Å². The number of benzene rings is 2. The van der Waals surface area contributed by atoms with Gasteiger partial charge in [0.2, 0.25) is 0 Å². The van der Waals surface area contributed by atoms with Gasteiger partial charge < -0.3 is 0 Å². The first kappa shape index (κ1) is 22.7. The van der Waals surface area contributed by atoms with Crippen LogP contribution >= 0.6 is 0 Å². The van der Waals surface area contributed by atoms with Crippen LogP contribution in [0.3, 0.4) is 0 Å². The second kappa shape index (κ2) is 14.4. The monoisotopic (exact) mass is 379 g/mol. The highest BCUT2D eigenvalue weighted by atomic mass is 15.1. The summed E-state index contributed by atoms with van der Waals surface area (Å²) in [6.45, 7) is 8.16. The van der Waals surface area contributed by atoms with Crippen molar-refractivity contribution >= 4 is 0 Å². The lowest BCUT2D eigenvalue weighted by atomic mass is 9.90. The van der Waals surface area contributed by atoms with Crippen LogP contribution in [-0.2, 0) is 13.0 Å². The Balaban J connectivity index is 1.93. The van der Waals surface area contributed by atoms with Crippen molar-refractivity contribution in [2.45, 2.75) is 78.2 Å². The molecule has 0 heterocycles. The van der Waals surface area contributed by atoms with Crippen LogP contribution in [0.5, 0.6) is 0 Å². The largest absolute Gasteiger partial charge is 0.299 e. The minimum absolute atomic E-state index is 0.804. The molecule has 0 bridgehead atoms. The van der Waals surface area contributed by atoms with Gasteiger partial charge in [-0.2, -0.15) is 0 Å². The molecule has 2 aromatic carbocycles. The van der Waals surface area contributed by atoms with Gasteiger partial charge >= 0.3 is 0 Å². The van der Waals surface area contributed by atoms with E-state index >= 15 is 0 Å². The molecule has 0 fully saturated rings. The van der Waals surface area contributed by atoms with Gasteiger partial charge in [-0.3, -0.25) is 4.90 Å². The number of rotatable bonds is 15. The molecule has 0 radical (unpaired) electrons. The van der Waals surface area contributed by atoms with E-state index in [0.717, 1.165) is 12.5 Å². The molecule has 2 aromatic rings. The van der Waals surface area contributed by atoms with E-state index in [4.69, 9.17) is 0 Å². The molecule has 2 rings (SSSR count). The van der Waals surface area contributed by atoms with E-state index in [2.05, 4.69) is 79.4 Å². The zero-order valence-electron chi connectivity index (χ0n) is 18.3. The quantitative estimate of drug-likeness (QED) is 0.289. The molecule has 0 aromatic heterocycles.